The predicted molar refractivity (Wildman–Crippen MR) is 63.9 cm³/mol. The lowest BCUT2D eigenvalue weighted by Gasteiger charge is -1.99. The van der Waals surface area contributed by atoms with Crippen LogP contribution in [0.1, 0.15) is 5.69 Å². The Labute approximate surface area is 102 Å². The molecule has 88 valence electrons. The summed E-state index contributed by atoms with van der Waals surface area (Å²) in [5.74, 6) is 0.854. The third-order valence-electron chi connectivity index (χ3n) is 2.11. The summed E-state index contributed by atoms with van der Waals surface area (Å²) >= 11 is 1.56. The molecule has 2 aromatic heterocycles. The highest BCUT2D eigenvalue weighted by molar-refractivity contribution is 7.99. The van der Waals surface area contributed by atoms with Crippen molar-refractivity contribution in [1.29, 1.82) is 0 Å². The summed E-state index contributed by atoms with van der Waals surface area (Å²) in [6, 6.07) is 3.13. The molecule has 0 amide bonds. The summed E-state index contributed by atoms with van der Waals surface area (Å²) in [4.78, 5) is 20.9. The van der Waals surface area contributed by atoms with Crippen LogP contribution in [0, 0.1) is 10.1 Å². The van der Waals surface area contributed by atoms with Crippen molar-refractivity contribution in [2.24, 2.45) is 0 Å². The topological polar surface area (TPSA) is 84.7 Å². The molecule has 0 bridgehead atoms. The molecule has 0 saturated carbocycles. The van der Waals surface area contributed by atoms with E-state index in [1.807, 2.05) is 0 Å². The first-order valence-electron chi connectivity index (χ1n) is 4.96. The van der Waals surface area contributed by atoms with Gasteiger partial charge >= 0.3 is 0 Å². The molecular formula is C10H10N4O2S. The largest absolute Gasteiger partial charge is 0.348 e. The zero-order valence-corrected chi connectivity index (χ0v) is 9.68. The van der Waals surface area contributed by atoms with Gasteiger partial charge in [-0.2, -0.15) is 0 Å². The van der Waals surface area contributed by atoms with E-state index >= 15 is 0 Å². The van der Waals surface area contributed by atoms with Crippen LogP contribution >= 0.6 is 11.8 Å². The Kier molecular flexibility index (Phi) is 3.71. The number of hydrogen-bond donors (Lipinski definition) is 1. The molecule has 0 fully saturated rings. The van der Waals surface area contributed by atoms with Crippen LogP contribution in [0.5, 0.6) is 0 Å². The number of nitro groups is 1. The minimum atomic E-state index is -0.452. The van der Waals surface area contributed by atoms with E-state index in [0.717, 1.165) is 22.9 Å². The van der Waals surface area contributed by atoms with Crippen molar-refractivity contribution in [1.82, 2.24) is 15.0 Å². The molecule has 7 heteroatoms. The van der Waals surface area contributed by atoms with E-state index < -0.39 is 4.92 Å². The Morgan fingerprint density at radius 1 is 1.41 bits per heavy atom. The highest BCUT2D eigenvalue weighted by Gasteiger charge is 2.05. The molecule has 0 spiro atoms. The van der Waals surface area contributed by atoms with Crippen LogP contribution in [0.25, 0.3) is 0 Å². The first kappa shape index (κ1) is 11.6. The fourth-order valence-electron chi connectivity index (χ4n) is 1.25. The van der Waals surface area contributed by atoms with Gasteiger partial charge in [0.05, 0.1) is 16.3 Å². The van der Waals surface area contributed by atoms with Crippen molar-refractivity contribution in [2.75, 3.05) is 5.75 Å². The van der Waals surface area contributed by atoms with E-state index in [9.17, 15) is 10.1 Å². The number of pyridine rings is 1. The third kappa shape index (κ3) is 3.28. The van der Waals surface area contributed by atoms with Gasteiger partial charge in [0.25, 0.3) is 5.69 Å². The van der Waals surface area contributed by atoms with Gasteiger partial charge in [-0.25, -0.2) is 9.97 Å². The van der Waals surface area contributed by atoms with Gasteiger partial charge in [-0.1, -0.05) is 0 Å². The number of aromatic nitrogens is 3. The van der Waals surface area contributed by atoms with Gasteiger partial charge < -0.3 is 4.98 Å². The molecule has 0 aromatic carbocycles. The molecule has 2 rings (SSSR count). The summed E-state index contributed by atoms with van der Waals surface area (Å²) in [5.41, 5.74) is 1.09. The summed E-state index contributed by atoms with van der Waals surface area (Å²) in [6.07, 6.45) is 5.57. The van der Waals surface area contributed by atoms with Crippen molar-refractivity contribution >= 4 is 17.4 Å². The first-order chi connectivity index (χ1) is 8.25. The average molecular weight is 250 g/mol. The van der Waals surface area contributed by atoms with Crippen LogP contribution in [-0.2, 0) is 6.42 Å². The quantitative estimate of drug-likeness (QED) is 0.498. The van der Waals surface area contributed by atoms with E-state index in [1.54, 1.807) is 30.4 Å². The summed E-state index contributed by atoms with van der Waals surface area (Å²) < 4.78 is 0. The van der Waals surface area contributed by atoms with E-state index in [1.165, 1.54) is 12.3 Å². The van der Waals surface area contributed by atoms with Gasteiger partial charge in [-0.3, -0.25) is 10.1 Å². The Balaban J connectivity index is 1.85. The monoisotopic (exact) mass is 250 g/mol. The van der Waals surface area contributed by atoms with E-state index in [2.05, 4.69) is 15.0 Å². The second-order valence-corrected chi connectivity index (χ2v) is 4.40. The molecule has 0 radical (unpaired) electrons. The van der Waals surface area contributed by atoms with Gasteiger partial charge in [-0.05, 0) is 12.5 Å². The summed E-state index contributed by atoms with van der Waals surface area (Å²) in [7, 11) is 0. The number of nitrogens with zero attached hydrogens (tertiary/aromatic N) is 3. The van der Waals surface area contributed by atoms with E-state index in [4.69, 9.17) is 0 Å². The summed E-state index contributed by atoms with van der Waals surface area (Å²) in [5, 5.41) is 11.2. The Morgan fingerprint density at radius 2 is 2.29 bits per heavy atom. The van der Waals surface area contributed by atoms with Crippen molar-refractivity contribution in [3.05, 3.63) is 46.7 Å². The zero-order chi connectivity index (χ0) is 12.1. The minimum absolute atomic E-state index is 0.0166. The van der Waals surface area contributed by atoms with Gasteiger partial charge in [0, 0.05) is 23.7 Å². The number of imidazole rings is 1. The number of hydrogen-bond acceptors (Lipinski definition) is 5. The molecule has 17 heavy (non-hydrogen) atoms. The predicted octanol–water partition coefficient (Wildman–Crippen LogP) is 2.05. The summed E-state index contributed by atoms with van der Waals surface area (Å²) in [6.45, 7) is 0. The molecule has 0 aliphatic heterocycles. The molecule has 0 unspecified atom stereocenters. The molecule has 2 heterocycles. The van der Waals surface area contributed by atoms with E-state index in [0.29, 0.717) is 0 Å². The number of thioether (sulfide) groups is 1. The lowest BCUT2D eigenvalue weighted by molar-refractivity contribution is -0.385. The van der Waals surface area contributed by atoms with E-state index in [-0.39, 0.29) is 5.69 Å². The second kappa shape index (κ2) is 5.44. The van der Waals surface area contributed by atoms with Crippen LogP contribution in [0.3, 0.4) is 0 Å². The van der Waals surface area contributed by atoms with Gasteiger partial charge in [0.1, 0.15) is 6.20 Å². The van der Waals surface area contributed by atoms with Crippen LogP contribution in [-0.4, -0.2) is 25.6 Å². The molecule has 0 aliphatic rings. The maximum Gasteiger partial charge on any atom is 0.287 e. The number of rotatable bonds is 5. The van der Waals surface area contributed by atoms with Gasteiger partial charge in [0.2, 0.25) is 0 Å². The van der Waals surface area contributed by atoms with Crippen molar-refractivity contribution in [2.45, 2.75) is 11.4 Å². The number of nitrogens with one attached hydrogen (secondary N) is 1. The smallest absolute Gasteiger partial charge is 0.287 e. The zero-order valence-electron chi connectivity index (χ0n) is 8.87. The lowest BCUT2D eigenvalue weighted by atomic mass is 10.4. The fourth-order valence-corrected chi connectivity index (χ4v) is 2.08. The number of H-pyrrole nitrogens is 1. The first-order valence-corrected chi connectivity index (χ1v) is 5.95. The van der Waals surface area contributed by atoms with Crippen LogP contribution in [0.2, 0.25) is 0 Å². The van der Waals surface area contributed by atoms with Crippen LogP contribution < -0.4 is 0 Å². The minimum Gasteiger partial charge on any atom is -0.348 e. The molecule has 1 N–H and O–H groups in total. The lowest BCUT2D eigenvalue weighted by Crippen LogP contribution is -1.91. The maximum absolute atomic E-state index is 10.4. The van der Waals surface area contributed by atoms with Crippen LogP contribution in [0.4, 0.5) is 5.69 Å². The van der Waals surface area contributed by atoms with Gasteiger partial charge in [-0.15, -0.1) is 11.8 Å². The maximum atomic E-state index is 10.4. The Bertz CT molecular complexity index is 484. The highest BCUT2D eigenvalue weighted by atomic mass is 32.2. The van der Waals surface area contributed by atoms with Crippen LogP contribution in [0.15, 0.2) is 35.9 Å². The molecule has 0 atom stereocenters. The molecular weight excluding hydrogens is 240 g/mol. The second-order valence-electron chi connectivity index (χ2n) is 3.29. The van der Waals surface area contributed by atoms with Crippen molar-refractivity contribution in [3.8, 4) is 0 Å². The Morgan fingerprint density at radius 3 is 2.88 bits per heavy atom. The van der Waals surface area contributed by atoms with Crippen molar-refractivity contribution in [3.63, 3.8) is 0 Å². The molecule has 0 aliphatic carbocycles. The van der Waals surface area contributed by atoms with Crippen molar-refractivity contribution < 1.29 is 4.92 Å². The number of aryl methyl sites for hydroxylation is 1. The standard InChI is InChI=1S/C10H10N4O2S/c15-14(16)9-1-2-10(12-6-9)17-4-3-8-5-11-7-13-8/h1-2,5-7H,3-4H2,(H,11,13). The Hall–Kier alpha value is -1.89. The fraction of sp³-hybridized carbons (Fsp3) is 0.200. The number of aromatic amines is 1. The van der Waals surface area contributed by atoms with Gasteiger partial charge in [0.15, 0.2) is 0 Å². The highest BCUT2D eigenvalue weighted by Crippen LogP contribution is 2.18. The molecule has 6 nitrogen and oxygen atoms in total. The normalized spacial score (nSPS) is 10.4. The third-order valence-corrected chi connectivity index (χ3v) is 3.05. The molecule has 0 saturated heterocycles. The SMILES string of the molecule is O=[N+]([O-])c1ccc(SCCc2cnc[nH]2)nc1. The average Bonchev–Trinajstić information content (AvgIpc) is 2.83. The molecule has 2 aromatic rings.